The van der Waals surface area contributed by atoms with Gasteiger partial charge in [-0.15, -0.1) is 0 Å². The minimum absolute atomic E-state index is 0.380. The Morgan fingerprint density at radius 2 is 2.10 bits per heavy atom. The fourth-order valence-electron chi connectivity index (χ4n) is 4.87. The second-order valence-corrected chi connectivity index (χ2v) is 9.16. The Hall–Kier alpha value is -2.02. The van der Waals surface area contributed by atoms with E-state index in [1.165, 1.54) is 37.1 Å². The van der Waals surface area contributed by atoms with Gasteiger partial charge in [0.1, 0.15) is 5.82 Å². The quantitative estimate of drug-likeness (QED) is 0.679. The van der Waals surface area contributed by atoms with Gasteiger partial charge in [0.15, 0.2) is 0 Å². The van der Waals surface area contributed by atoms with Crippen LogP contribution in [0.15, 0.2) is 30.6 Å². The lowest BCUT2D eigenvalue weighted by Gasteiger charge is -2.31. The molecule has 0 N–H and O–H groups in total. The number of hydrogen-bond donors (Lipinski definition) is 0. The Kier molecular flexibility index (Phi) is 7.54. The highest BCUT2D eigenvalue weighted by molar-refractivity contribution is 5.41. The summed E-state index contributed by atoms with van der Waals surface area (Å²) in [7, 11) is 4.45. The van der Waals surface area contributed by atoms with Crippen LogP contribution < -0.4 is 0 Å². The molecule has 168 valence electrons. The predicted octanol–water partition coefficient (Wildman–Crippen LogP) is 3.81. The molecule has 31 heavy (non-hydrogen) atoms. The van der Waals surface area contributed by atoms with Crippen LogP contribution in [0.2, 0.25) is 0 Å². The minimum atomic E-state index is 0.380. The smallest absolute Gasteiger partial charge is 0.133 e. The Morgan fingerprint density at radius 1 is 1.19 bits per heavy atom. The molecule has 1 fully saturated rings. The number of allylic oxidation sites excluding steroid dienone is 1. The standard InChI is InChI=1S/C25H38N6/c1-4-5-12-24-27-22(19-31(24)20-30-15-8-14-28(2)16-17-30)18-29(3)23-11-6-9-21-10-7-13-26-25(21)23/h5,7,10,12-13,19,23H,4,6,8-9,11,14-18,20H2,1-3H3/b12-5-/t23-/m0/s1. The summed E-state index contributed by atoms with van der Waals surface area (Å²) in [5.41, 5.74) is 3.82. The van der Waals surface area contributed by atoms with Gasteiger partial charge in [0.2, 0.25) is 0 Å². The van der Waals surface area contributed by atoms with E-state index in [1.807, 2.05) is 6.20 Å². The molecule has 0 saturated carbocycles. The van der Waals surface area contributed by atoms with E-state index in [0.717, 1.165) is 57.2 Å². The number of fused-ring (bicyclic) bond motifs is 1. The van der Waals surface area contributed by atoms with E-state index >= 15 is 0 Å². The van der Waals surface area contributed by atoms with Gasteiger partial charge in [-0.2, -0.15) is 0 Å². The molecular weight excluding hydrogens is 384 g/mol. The maximum Gasteiger partial charge on any atom is 0.133 e. The van der Waals surface area contributed by atoms with Crippen LogP contribution in [0.25, 0.3) is 6.08 Å². The lowest BCUT2D eigenvalue weighted by atomic mass is 9.91. The number of rotatable bonds is 7. The van der Waals surface area contributed by atoms with Gasteiger partial charge >= 0.3 is 0 Å². The maximum absolute atomic E-state index is 5.02. The molecule has 0 bridgehead atoms. The van der Waals surface area contributed by atoms with Crippen molar-refractivity contribution >= 4 is 6.08 Å². The van der Waals surface area contributed by atoms with Crippen molar-refractivity contribution in [2.75, 3.05) is 40.3 Å². The van der Waals surface area contributed by atoms with Gasteiger partial charge in [0.05, 0.1) is 24.1 Å². The van der Waals surface area contributed by atoms with Crippen molar-refractivity contribution in [2.24, 2.45) is 0 Å². The zero-order chi connectivity index (χ0) is 21.6. The Balaban J connectivity index is 1.49. The SMILES string of the molecule is CC/C=C\c1nc(CN(C)[C@H]2CCCc3cccnc32)cn1CN1CCCN(C)CC1. The summed E-state index contributed by atoms with van der Waals surface area (Å²) in [5, 5.41) is 0. The summed E-state index contributed by atoms with van der Waals surface area (Å²) in [4.78, 5) is 17.2. The monoisotopic (exact) mass is 422 g/mol. The molecule has 3 heterocycles. The van der Waals surface area contributed by atoms with Crippen molar-refractivity contribution in [3.63, 3.8) is 0 Å². The molecule has 2 aliphatic rings. The van der Waals surface area contributed by atoms with Gasteiger partial charge in [-0.3, -0.25) is 14.8 Å². The van der Waals surface area contributed by atoms with Gasteiger partial charge in [-0.25, -0.2) is 4.98 Å². The number of hydrogen-bond acceptors (Lipinski definition) is 5. The Labute approximate surface area is 187 Å². The number of aryl methyl sites for hydroxylation is 1. The third kappa shape index (κ3) is 5.62. The molecule has 1 aliphatic carbocycles. The summed E-state index contributed by atoms with van der Waals surface area (Å²) in [6.07, 6.45) is 14.4. The van der Waals surface area contributed by atoms with E-state index in [0.29, 0.717) is 6.04 Å². The summed E-state index contributed by atoms with van der Waals surface area (Å²) < 4.78 is 2.34. The zero-order valence-electron chi connectivity index (χ0n) is 19.5. The van der Waals surface area contributed by atoms with Crippen molar-refractivity contribution in [3.8, 4) is 0 Å². The van der Waals surface area contributed by atoms with Gasteiger partial charge in [-0.1, -0.05) is 19.1 Å². The fourth-order valence-corrected chi connectivity index (χ4v) is 4.87. The van der Waals surface area contributed by atoms with Gasteiger partial charge in [-0.05, 0) is 70.5 Å². The molecule has 0 aromatic carbocycles. The molecule has 1 saturated heterocycles. The van der Waals surface area contributed by atoms with E-state index < -0.39 is 0 Å². The lowest BCUT2D eigenvalue weighted by molar-refractivity contribution is 0.205. The van der Waals surface area contributed by atoms with Crippen LogP contribution >= 0.6 is 0 Å². The van der Waals surface area contributed by atoms with Crippen molar-refractivity contribution in [3.05, 3.63) is 53.4 Å². The topological polar surface area (TPSA) is 40.4 Å². The van der Waals surface area contributed by atoms with Crippen LogP contribution in [0.3, 0.4) is 0 Å². The first kappa shape index (κ1) is 22.2. The average Bonchev–Trinajstić information content (AvgIpc) is 3.03. The van der Waals surface area contributed by atoms with E-state index in [1.54, 1.807) is 0 Å². The van der Waals surface area contributed by atoms with Crippen LogP contribution in [0, 0.1) is 0 Å². The fraction of sp³-hybridized carbons (Fsp3) is 0.600. The molecule has 0 radical (unpaired) electrons. The summed E-state index contributed by atoms with van der Waals surface area (Å²) in [6.45, 7) is 8.54. The van der Waals surface area contributed by atoms with Crippen LogP contribution in [0.5, 0.6) is 0 Å². The first-order valence-electron chi connectivity index (χ1n) is 11.9. The lowest BCUT2D eigenvalue weighted by Crippen LogP contribution is -2.31. The highest BCUT2D eigenvalue weighted by Gasteiger charge is 2.25. The second kappa shape index (κ2) is 10.5. The zero-order valence-corrected chi connectivity index (χ0v) is 19.5. The van der Waals surface area contributed by atoms with Gasteiger partial charge < -0.3 is 9.47 Å². The molecular formula is C25H38N6. The van der Waals surface area contributed by atoms with Crippen LogP contribution in [0.1, 0.15) is 61.4 Å². The largest absolute Gasteiger partial charge is 0.318 e. The predicted molar refractivity (Wildman–Crippen MR) is 127 cm³/mol. The van der Waals surface area contributed by atoms with Crippen molar-refractivity contribution < 1.29 is 0 Å². The van der Waals surface area contributed by atoms with E-state index in [4.69, 9.17) is 9.97 Å². The van der Waals surface area contributed by atoms with E-state index in [9.17, 15) is 0 Å². The molecule has 2 aromatic rings. The van der Waals surface area contributed by atoms with Crippen molar-refractivity contribution in [1.82, 2.24) is 29.2 Å². The van der Waals surface area contributed by atoms with E-state index in [2.05, 4.69) is 70.8 Å². The summed E-state index contributed by atoms with van der Waals surface area (Å²) in [6, 6.07) is 4.69. The summed E-state index contributed by atoms with van der Waals surface area (Å²) in [5.74, 6) is 1.07. The van der Waals surface area contributed by atoms with Crippen LogP contribution in [-0.2, 0) is 19.6 Å². The average molecular weight is 423 g/mol. The third-order valence-corrected chi connectivity index (χ3v) is 6.63. The molecule has 2 aromatic heterocycles. The van der Waals surface area contributed by atoms with Gasteiger partial charge in [0, 0.05) is 38.6 Å². The number of likely N-dealkylation sites (N-methyl/N-ethyl adjacent to an activating group) is 1. The maximum atomic E-state index is 5.02. The molecule has 0 spiro atoms. The third-order valence-electron chi connectivity index (χ3n) is 6.63. The van der Waals surface area contributed by atoms with E-state index in [-0.39, 0.29) is 0 Å². The first-order valence-corrected chi connectivity index (χ1v) is 11.9. The molecule has 1 atom stereocenters. The number of nitrogens with zero attached hydrogens (tertiary/aromatic N) is 6. The molecule has 6 heteroatoms. The minimum Gasteiger partial charge on any atom is -0.318 e. The summed E-state index contributed by atoms with van der Waals surface area (Å²) >= 11 is 0. The Morgan fingerprint density at radius 3 is 2.97 bits per heavy atom. The number of imidazole rings is 1. The van der Waals surface area contributed by atoms with Crippen LogP contribution in [-0.4, -0.2) is 69.5 Å². The molecule has 6 nitrogen and oxygen atoms in total. The normalized spacial score (nSPS) is 21.0. The van der Waals surface area contributed by atoms with Crippen molar-refractivity contribution in [2.45, 2.75) is 58.3 Å². The molecule has 0 amide bonds. The Bertz CT molecular complexity index is 873. The van der Waals surface area contributed by atoms with Crippen molar-refractivity contribution in [1.29, 1.82) is 0 Å². The highest BCUT2D eigenvalue weighted by atomic mass is 15.3. The van der Waals surface area contributed by atoms with Crippen LogP contribution in [0.4, 0.5) is 0 Å². The molecule has 1 aliphatic heterocycles. The van der Waals surface area contributed by atoms with Gasteiger partial charge in [0.25, 0.3) is 0 Å². The number of aromatic nitrogens is 3. The highest BCUT2D eigenvalue weighted by Crippen LogP contribution is 2.32. The second-order valence-electron chi connectivity index (χ2n) is 9.16. The number of pyridine rings is 1. The molecule has 4 rings (SSSR count). The first-order chi connectivity index (χ1) is 15.1. The molecule has 0 unspecified atom stereocenters.